The molecule has 0 aliphatic heterocycles. The van der Waals surface area contributed by atoms with Gasteiger partial charge < -0.3 is 10.5 Å². The lowest BCUT2D eigenvalue weighted by molar-refractivity contribution is -0.117. The number of ketones is 1. The maximum atomic E-state index is 10.9. The zero-order valence-corrected chi connectivity index (χ0v) is 10.1. The summed E-state index contributed by atoms with van der Waals surface area (Å²) in [7, 11) is 0. The largest absolute Gasteiger partial charge is 0.324 e. The lowest BCUT2D eigenvalue weighted by Gasteiger charge is -2.09. The number of rotatable bonds is 4. The molecule has 2 rings (SSSR count). The fourth-order valence-corrected chi connectivity index (χ4v) is 2.83. The molecular formula is C13H15NOS. The van der Waals surface area contributed by atoms with E-state index in [2.05, 4.69) is 17.5 Å². The number of benzene rings is 1. The van der Waals surface area contributed by atoms with Crippen LogP contribution in [0.25, 0.3) is 10.1 Å². The van der Waals surface area contributed by atoms with E-state index in [0.29, 0.717) is 6.42 Å². The summed E-state index contributed by atoms with van der Waals surface area (Å²) in [6.45, 7) is 1.61. The highest BCUT2D eigenvalue weighted by molar-refractivity contribution is 7.17. The summed E-state index contributed by atoms with van der Waals surface area (Å²) in [5, 5.41) is 3.33. The summed E-state index contributed by atoms with van der Waals surface area (Å²) in [5.41, 5.74) is 7.28. The van der Waals surface area contributed by atoms with E-state index < -0.39 is 0 Å². The zero-order valence-electron chi connectivity index (χ0n) is 9.27. The van der Waals surface area contributed by atoms with E-state index in [0.717, 1.165) is 6.42 Å². The monoisotopic (exact) mass is 233 g/mol. The lowest BCUT2D eigenvalue weighted by atomic mass is 10.0. The SMILES string of the molecule is CC(=O)CCC(N)c1csc2ccccc12. The predicted octanol–water partition coefficient (Wildman–Crippen LogP) is 3.27. The first-order chi connectivity index (χ1) is 7.68. The van der Waals surface area contributed by atoms with Gasteiger partial charge in [-0.15, -0.1) is 11.3 Å². The first-order valence-corrected chi connectivity index (χ1v) is 6.27. The minimum atomic E-state index is -0.0277. The molecule has 0 aliphatic carbocycles. The summed E-state index contributed by atoms with van der Waals surface area (Å²) >= 11 is 1.71. The second-order valence-electron chi connectivity index (χ2n) is 4.03. The molecule has 0 saturated heterocycles. The van der Waals surface area contributed by atoms with Gasteiger partial charge in [0, 0.05) is 17.2 Å². The number of hydrogen-bond acceptors (Lipinski definition) is 3. The molecule has 0 bridgehead atoms. The van der Waals surface area contributed by atoms with E-state index in [1.165, 1.54) is 15.6 Å². The van der Waals surface area contributed by atoms with Crippen molar-refractivity contribution in [2.75, 3.05) is 0 Å². The standard InChI is InChI=1S/C13H15NOS/c1-9(15)6-7-12(14)11-8-16-13-5-3-2-4-10(11)13/h2-5,8,12H,6-7,14H2,1H3. The number of carbonyl (C=O) groups is 1. The second kappa shape index (κ2) is 4.76. The number of hydrogen-bond donors (Lipinski definition) is 1. The minimum Gasteiger partial charge on any atom is -0.324 e. The van der Waals surface area contributed by atoms with Crippen molar-refractivity contribution >= 4 is 27.2 Å². The van der Waals surface area contributed by atoms with E-state index in [1.807, 2.05) is 12.1 Å². The Morgan fingerprint density at radius 2 is 2.19 bits per heavy atom. The van der Waals surface area contributed by atoms with Crippen molar-refractivity contribution in [3.8, 4) is 0 Å². The van der Waals surface area contributed by atoms with E-state index in [-0.39, 0.29) is 11.8 Å². The molecule has 1 atom stereocenters. The van der Waals surface area contributed by atoms with Crippen LogP contribution in [0.5, 0.6) is 0 Å². The normalized spacial score (nSPS) is 12.9. The molecule has 3 heteroatoms. The van der Waals surface area contributed by atoms with Crippen molar-refractivity contribution in [1.29, 1.82) is 0 Å². The highest BCUT2D eigenvalue weighted by Gasteiger charge is 2.11. The highest BCUT2D eigenvalue weighted by atomic mass is 32.1. The predicted molar refractivity (Wildman–Crippen MR) is 68.7 cm³/mol. The van der Waals surface area contributed by atoms with Crippen molar-refractivity contribution in [3.05, 3.63) is 35.2 Å². The van der Waals surface area contributed by atoms with Gasteiger partial charge in [-0.3, -0.25) is 0 Å². The van der Waals surface area contributed by atoms with Gasteiger partial charge in [-0.05, 0) is 35.7 Å². The number of Topliss-reactive ketones (excluding diaryl/α,β-unsaturated/α-hetero) is 1. The third-order valence-corrected chi connectivity index (χ3v) is 3.70. The molecule has 2 N–H and O–H groups in total. The van der Waals surface area contributed by atoms with Gasteiger partial charge in [0.15, 0.2) is 0 Å². The fraction of sp³-hybridized carbons (Fsp3) is 0.308. The highest BCUT2D eigenvalue weighted by Crippen LogP contribution is 2.30. The number of carbonyl (C=O) groups excluding carboxylic acids is 1. The third-order valence-electron chi connectivity index (χ3n) is 2.72. The molecule has 1 aromatic carbocycles. The van der Waals surface area contributed by atoms with Crippen LogP contribution in [0.2, 0.25) is 0 Å². The molecule has 0 amide bonds. The summed E-state index contributed by atoms with van der Waals surface area (Å²) in [6, 6.07) is 8.22. The van der Waals surface area contributed by atoms with Crippen LogP contribution in [0.4, 0.5) is 0 Å². The molecule has 1 unspecified atom stereocenters. The lowest BCUT2D eigenvalue weighted by Crippen LogP contribution is -2.10. The van der Waals surface area contributed by atoms with Crippen molar-refractivity contribution in [2.45, 2.75) is 25.8 Å². The fourth-order valence-electron chi connectivity index (χ4n) is 1.80. The molecule has 1 aromatic heterocycles. The van der Waals surface area contributed by atoms with Crippen LogP contribution in [-0.4, -0.2) is 5.78 Å². The Labute approximate surface area is 99.1 Å². The van der Waals surface area contributed by atoms with Crippen molar-refractivity contribution in [2.24, 2.45) is 5.73 Å². The average Bonchev–Trinajstić information content (AvgIpc) is 2.69. The number of nitrogens with two attached hydrogens (primary N) is 1. The Morgan fingerprint density at radius 3 is 2.94 bits per heavy atom. The van der Waals surface area contributed by atoms with Crippen molar-refractivity contribution in [1.82, 2.24) is 0 Å². The van der Waals surface area contributed by atoms with E-state index in [1.54, 1.807) is 18.3 Å². The first kappa shape index (κ1) is 11.3. The summed E-state index contributed by atoms with van der Waals surface area (Å²) in [4.78, 5) is 10.9. The maximum Gasteiger partial charge on any atom is 0.129 e. The molecule has 84 valence electrons. The van der Waals surface area contributed by atoms with Crippen LogP contribution in [0, 0.1) is 0 Å². The van der Waals surface area contributed by atoms with Crippen molar-refractivity contribution in [3.63, 3.8) is 0 Å². The van der Waals surface area contributed by atoms with E-state index in [9.17, 15) is 4.79 Å². The number of thiophene rings is 1. The summed E-state index contributed by atoms with van der Waals surface area (Å²) < 4.78 is 1.26. The first-order valence-electron chi connectivity index (χ1n) is 5.39. The molecule has 1 heterocycles. The van der Waals surface area contributed by atoms with Gasteiger partial charge in [0.05, 0.1) is 0 Å². The number of fused-ring (bicyclic) bond motifs is 1. The average molecular weight is 233 g/mol. The quantitative estimate of drug-likeness (QED) is 0.880. The third kappa shape index (κ3) is 2.31. The zero-order chi connectivity index (χ0) is 11.5. The summed E-state index contributed by atoms with van der Waals surface area (Å²) in [6.07, 6.45) is 1.29. The van der Waals surface area contributed by atoms with Gasteiger partial charge in [0.2, 0.25) is 0 Å². The smallest absolute Gasteiger partial charge is 0.129 e. The minimum absolute atomic E-state index is 0.0277. The maximum absolute atomic E-state index is 10.9. The van der Waals surface area contributed by atoms with Crippen LogP contribution in [-0.2, 0) is 4.79 Å². The second-order valence-corrected chi connectivity index (χ2v) is 4.95. The van der Waals surface area contributed by atoms with Gasteiger partial charge in [-0.25, -0.2) is 0 Å². The van der Waals surface area contributed by atoms with Crippen LogP contribution < -0.4 is 5.73 Å². The molecule has 2 aromatic rings. The van der Waals surface area contributed by atoms with Crippen LogP contribution in [0.3, 0.4) is 0 Å². The van der Waals surface area contributed by atoms with Gasteiger partial charge in [0.1, 0.15) is 5.78 Å². The molecule has 0 aliphatic rings. The van der Waals surface area contributed by atoms with E-state index in [4.69, 9.17) is 5.73 Å². The van der Waals surface area contributed by atoms with Crippen LogP contribution in [0.15, 0.2) is 29.6 Å². The van der Waals surface area contributed by atoms with Gasteiger partial charge in [-0.2, -0.15) is 0 Å². The molecule has 2 nitrogen and oxygen atoms in total. The van der Waals surface area contributed by atoms with Crippen molar-refractivity contribution < 1.29 is 4.79 Å². The molecule has 0 saturated carbocycles. The van der Waals surface area contributed by atoms with Crippen LogP contribution >= 0.6 is 11.3 Å². The van der Waals surface area contributed by atoms with E-state index >= 15 is 0 Å². The molecular weight excluding hydrogens is 218 g/mol. The molecule has 0 radical (unpaired) electrons. The topological polar surface area (TPSA) is 43.1 Å². The Morgan fingerprint density at radius 1 is 1.44 bits per heavy atom. The van der Waals surface area contributed by atoms with Gasteiger partial charge >= 0.3 is 0 Å². The Balaban J connectivity index is 2.22. The Hall–Kier alpha value is -1.19. The Kier molecular flexibility index (Phi) is 3.36. The molecule has 0 fully saturated rings. The molecule has 0 spiro atoms. The van der Waals surface area contributed by atoms with Crippen LogP contribution in [0.1, 0.15) is 31.4 Å². The Bertz CT molecular complexity index is 503. The van der Waals surface area contributed by atoms with Gasteiger partial charge in [0.25, 0.3) is 0 Å². The van der Waals surface area contributed by atoms with Gasteiger partial charge in [-0.1, -0.05) is 18.2 Å². The molecule has 16 heavy (non-hydrogen) atoms. The summed E-state index contributed by atoms with van der Waals surface area (Å²) in [5.74, 6) is 0.204.